The summed E-state index contributed by atoms with van der Waals surface area (Å²) >= 11 is 0. The molecular weight excluding hydrogens is 234 g/mol. The van der Waals surface area contributed by atoms with Crippen LogP contribution in [0.1, 0.15) is 38.5 Å². The average Bonchev–Trinajstić information content (AvgIpc) is 2.89. The van der Waals surface area contributed by atoms with E-state index in [0.29, 0.717) is 19.4 Å². The molecule has 3 atom stereocenters. The summed E-state index contributed by atoms with van der Waals surface area (Å²) in [7, 11) is 1.72. The summed E-state index contributed by atoms with van der Waals surface area (Å²) in [5.74, 6) is -0.768. The molecule has 1 heterocycles. The van der Waals surface area contributed by atoms with E-state index >= 15 is 0 Å². The van der Waals surface area contributed by atoms with Crippen molar-refractivity contribution in [1.29, 1.82) is 0 Å². The van der Waals surface area contributed by atoms with Gasteiger partial charge in [0.15, 0.2) is 0 Å². The van der Waals surface area contributed by atoms with Gasteiger partial charge < -0.3 is 19.9 Å². The number of rotatable bonds is 5. The monoisotopic (exact) mass is 257 g/mol. The number of ether oxygens (including phenoxy) is 2. The summed E-state index contributed by atoms with van der Waals surface area (Å²) in [6.45, 7) is 1.43. The second kappa shape index (κ2) is 5.99. The van der Waals surface area contributed by atoms with E-state index < -0.39 is 11.5 Å². The lowest BCUT2D eigenvalue weighted by Gasteiger charge is -2.37. The highest BCUT2D eigenvalue weighted by atomic mass is 16.5. The van der Waals surface area contributed by atoms with Crippen LogP contribution in [-0.4, -0.2) is 49.1 Å². The normalized spacial score (nSPS) is 36.7. The van der Waals surface area contributed by atoms with Crippen LogP contribution in [0, 0.1) is 0 Å². The second-order valence-corrected chi connectivity index (χ2v) is 5.32. The molecule has 0 aromatic rings. The average molecular weight is 257 g/mol. The highest BCUT2D eigenvalue weighted by Gasteiger charge is 2.42. The first-order valence-corrected chi connectivity index (χ1v) is 6.82. The van der Waals surface area contributed by atoms with E-state index in [0.717, 1.165) is 32.3 Å². The molecule has 1 aliphatic carbocycles. The molecule has 0 aromatic carbocycles. The van der Waals surface area contributed by atoms with Crippen LogP contribution in [0.25, 0.3) is 0 Å². The molecule has 18 heavy (non-hydrogen) atoms. The predicted molar refractivity (Wildman–Crippen MR) is 66.6 cm³/mol. The minimum absolute atomic E-state index is 0.0338. The van der Waals surface area contributed by atoms with Crippen LogP contribution in [0.5, 0.6) is 0 Å². The minimum Gasteiger partial charge on any atom is -0.480 e. The summed E-state index contributed by atoms with van der Waals surface area (Å²) in [6, 6.07) is 0. The second-order valence-electron chi connectivity index (χ2n) is 5.32. The summed E-state index contributed by atoms with van der Waals surface area (Å²) < 4.78 is 11.4. The molecule has 0 amide bonds. The lowest BCUT2D eigenvalue weighted by Crippen LogP contribution is -2.54. The van der Waals surface area contributed by atoms with E-state index in [4.69, 9.17) is 9.47 Å². The Labute approximate surface area is 108 Å². The van der Waals surface area contributed by atoms with E-state index in [1.165, 1.54) is 0 Å². The van der Waals surface area contributed by atoms with Crippen molar-refractivity contribution in [2.75, 3.05) is 20.3 Å². The highest BCUT2D eigenvalue weighted by Crippen LogP contribution is 2.30. The zero-order valence-corrected chi connectivity index (χ0v) is 11.0. The first-order valence-electron chi connectivity index (χ1n) is 6.82. The molecule has 1 saturated heterocycles. The lowest BCUT2D eigenvalue weighted by atomic mass is 9.80. The maximum absolute atomic E-state index is 11.4. The van der Waals surface area contributed by atoms with Gasteiger partial charge in [0.25, 0.3) is 0 Å². The molecule has 2 N–H and O–H groups in total. The molecule has 104 valence electrons. The topological polar surface area (TPSA) is 67.8 Å². The van der Waals surface area contributed by atoms with E-state index in [1.54, 1.807) is 7.05 Å². The maximum Gasteiger partial charge on any atom is 0.323 e. The number of nitrogens with one attached hydrogen (secondary N) is 1. The van der Waals surface area contributed by atoms with Crippen LogP contribution >= 0.6 is 0 Å². The minimum atomic E-state index is -0.806. The molecule has 5 nitrogen and oxygen atoms in total. The van der Waals surface area contributed by atoms with E-state index in [-0.39, 0.29) is 12.2 Å². The molecule has 0 spiro atoms. The Morgan fingerprint density at radius 1 is 1.50 bits per heavy atom. The summed E-state index contributed by atoms with van der Waals surface area (Å²) in [5, 5.41) is 12.3. The molecule has 1 saturated carbocycles. The van der Waals surface area contributed by atoms with Crippen molar-refractivity contribution in [3.8, 4) is 0 Å². The van der Waals surface area contributed by atoms with Gasteiger partial charge in [-0.1, -0.05) is 0 Å². The van der Waals surface area contributed by atoms with Gasteiger partial charge in [-0.3, -0.25) is 4.79 Å². The van der Waals surface area contributed by atoms with Crippen LogP contribution in [0.2, 0.25) is 0 Å². The van der Waals surface area contributed by atoms with Gasteiger partial charge in [-0.25, -0.2) is 0 Å². The van der Waals surface area contributed by atoms with Crippen molar-refractivity contribution in [2.24, 2.45) is 0 Å². The molecule has 5 heteroatoms. The smallest absolute Gasteiger partial charge is 0.323 e. The van der Waals surface area contributed by atoms with E-state index in [2.05, 4.69) is 5.32 Å². The molecule has 2 rings (SSSR count). The highest BCUT2D eigenvalue weighted by molar-refractivity contribution is 5.79. The standard InChI is InChI=1S/C13H23NO4/c1-14-13(12(15)16)6-2-4-10(8-13)18-9-11-5-3-7-17-11/h10-11,14H,2-9H2,1H3,(H,15,16). The fraction of sp³-hybridized carbons (Fsp3) is 0.923. The molecule has 3 unspecified atom stereocenters. The van der Waals surface area contributed by atoms with Crippen LogP contribution in [0.3, 0.4) is 0 Å². The fourth-order valence-corrected chi connectivity index (χ4v) is 2.91. The molecule has 2 fully saturated rings. The number of carboxylic acids is 1. The number of carbonyl (C=O) groups is 1. The van der Waals surface area contributed by atoms with Gasteiger partial charge in [0.2, 0.25) is 0 Å². The number of aliphatic carboxylic acids is 1. The lowest BCUT2D eigenvalue weighted by molar-refractivity contribution is -0.149. The van der Waals surface area contributed by atoms with Crippen LogP contribution in [-0.2, 0) is 14.3 Å². The molecule has 2 aliphatic rings. The van der Waals surface area contributed by atoms with E-state index in [1.807, 2.05) is 0 Å². The molecule has 0 bridgehead atoms. The van der Waals surface area contributed by atoms with Crippen LogP contribution in [0.4, 0.5) is 0 Å². The summed E-state index contributed by atoms with van der Waals surface area (Å²) in [4.78, 5) is 11.4. The number of hydrogen-bond acceptors (Lipinski definition) is 4. The van der Waals surface area contributed by atoms with Gasteiger partial charge in [0.05, 0.1) is 18.8 Å². The number of carboxylic acid groups (broad SMARTS) is 1. The zero-order valence-electron chi connectivity index (χ0n) is 11.0. The number of likely N-dealkylation sites (N-methyl/N-ethyl adjacent to an activating group) is 1. The van der Waals surface area contributed by atoms with Crippen LogP contribution < -0.4 is 5.32 Å². The first-order chi connectivity index (χ1) is 8.66. The Kier molecular flexibility index (Phi) is 4.59. The van der Waals surface area contributed by atoms with Crippen LogP contribution in [0.15, 0.2) is 0 Å². The third kappa shape index (κ3) is 3.02. The van der Waals surface area contributed by atoms with Crippen molar-refractivity contribution in [3.05, 3.63) is 0 Å². The van der Waals surface area contributed by atoms with Crippen molar-refractivity contribution < 1.29 is 19.4 Å². The molecular formula is C13H23NO4. The fourth-order valence-electron chi connectivity index (χ4n) is 2.91. The molecule has 0 aromatic heterocycles. The quantitative estimate of drug-likeness (QED) is 0.774. The first kappa shape index (κ1) is 13.8. The van der Waals surface area contributed by atoms with Crippen molar-refractivity contribution in [2.45, 2.75) is 56.3 Å². The Bertz CT molecular complexity index is 291. The van der Waals surface area contributed by atoms with Crippen molar-refractivity contribution >= 4 is 5.97 Å². The Balaban J connectivity index is 1.83. The largest absolute Gasteiger partial charge is 0.480 e. The van der Waals surface area contributed by atoms with Gasteiger partial charge >= 0.3 is 5.97 Å². The van der Waals surface area contributed by atoms with E-state index in [9.17, 15) is 9.90 Å². The third-order valence-electron chi connectivity index (χ3n) is 4.14. The predicted octanol–water partition coefficient (Wildman–Crippen LogP) is 1.17. The molecule has 0 radical (unpaired) electrons. The molecule has 1 aliphatic heterocycles. The SMILES string of the molecule is CNC1(C(=O)O)CCCC(OCC2CCCO2)C1. The zero-order chi connectivity index (χ0) is 13.0. The van der Waals surface area contributed by atoms with Crippen molar-refractivity contribution in [1.82, 2.24) is 5.32 Å². The Morgan fingerprint density at radius 3 is 2.94 bits per heavy atom. The van der Waals surface area contributed by atoms with Gasteiger partial charge in [-0.05, 0) is 39.2 Å². The Hall–Kier alpha value is -0.650. The maximum atomic E-state index is 11.4. The van der Waals surface area contributed by atoms with Gasteiger partial charge in [-0.15, -0.1) is 0 Å². The third-order valence-corrected chi connectivity index (χ3v) is 4.14. The van der Waals surface area contributed by atoms with Gasteiger partial charge in [0, 0.05) is 13.0 Å². The summed E-state index contributed by atoms with van der Waals surface area (Å²) in [5.41, 5.74) is -0.806. The van der Waals surface area contributed by atoms with Gasteiger partial charge in [0.1, 0.15) is 5.54 Å². The summed E-state index contributed by atoms with van der Waals surface area (Å²) in [6.07, 6.45) is 5.47. The Morgan fingerprint density at radius 2 is 2.33 bits per heavy atom. The van der Waals surface area contributed by atoms with Crippen molar-refractivity contribution in [3.63, 3.8) is 0 Å². The number of hydrogen-bond donors (Lipinski definition) is 2. The van der Waals surface area contributed by atoms with Gasteiger partial charge in [-0.2, -0.15) is 0 Å².